The molecule has 4 rings (SSSR count). The average Bonchev–Trinajstić information content (AvgIpc) is 3.32. The molecule has 0 radical (unpaired) electrons. The van der Waals surface area contributed by atoms with Crippen molar-refractivity contribution in [3.63, 3.8) is 0 Å². The van der Waals surface area contributed by atoms with Crippen LogP contribution in [-0.4, -0.2) is 44.8 Å². The number of rotatable bonds is 4. The first-order valence-corrected chi connectivity index (χ1v) is 8.85. The number of aromatic amines is 1. The average molecular weight is 350 g/mol. The number of carbonyl (C=O) groups excluding carboxylic acids is 1. The molecule has 7 nitrogen and oxygen atoms in total. The summed E-state index contributed by atoms with van der Waals surface area (Å²) in [4.78, 5) is 22.3. The Hall–Kier alpha value is -3.09. The van der Waals surface area contributed by atoms with Gasteiger partial charge in [-0.05, 0) is 12.8 Å². The monoisotopic (exact) mass is 350 g/mol. The van der Waals surface area contributed by atoms with Crippen molar-refractivity contribution in [1.29, 1.82) is 0 Å². The number of hydrogen-bond donors (Lipinski definition) is 2. The molecule has 1 saturated heterocycles. The van der Waals surface area contributed by atoms with E-state index in [-0.39, 0.29) is 11.9 Å². The summed E-state index contributed by atoms with van der Waals surface area (Å²) in [5.41, 5.74) is 1.45. The van der Waals surface area contributed by atoms with Gasteiger partial charge in [0.05, 0.1) is 12.4 Å². The van der Waals surface area contributed by atoms with E-state index in [0.717, 1.165) is 37.3 Å². The quantitative estimate of drug-likeness (QED) is 0.756. The minimum absolute atomic E-state index is 0.106. The third-order valence-electron chi connectivity index (χ3n) is 4.74. The van der Waals surface area contributed by atoms with Gasteiger partial charge in [0.1, 0.15) is 17.3 Å². The van der Waals surface area contributed by atoms with E-state index in [2.05, 4.69) is 25.3 Å². The summed E-state index contributed by atoms with van der Waals surface area (Å²) in [6.07, 6.45) is 5.40. The summed E-state index contributed by atoms with van der Waals surface area (Å²) in [5.74, 6) is 1.67. The molecule has 1 aromatic carbocycles. The van der Waals surface area contributed by atoms with Crippen LogP contribution in [0.4, 0.5) is 5.82 Å². The van der Waals surface area contributed by atoms with Gasteiger partial charge < -0.3 is 15.2 Å². The molecule has 0 bridgehead atoms. The lowest BCUT2D eigenvalue weighted by molar-refractivity contribution is 0.0928. The molecular formula is C19H22N6O. The minimum Gasteiger partial charge on any atom is -0.355 e. The normalized spacial score (nSPS) is 17.3. The highest BCUT2D eigenvalue weighted by Crippen LogP contribution is 2.19. The van der Waals surface area contributed by atoms with Gasteiger partial charge in [0.15, 0.2) is 0 Å². The van der Waals surface area contributed by atoms with Crippen LogP contribution in [0, 0.1) is 0 Å². The van der Waals surface area contributed by atoms with E-state index in [4.69, 9.17) is 0 Å². The Morgan fingerprint density at radius 3 is 2.88 bits per heavy atom. The predicted molar refractivity (Wildman–Crippen MR) is 99.9 cm³/mol. The zero-order valence-corrected chi connectivity index (χ0v) is 14.7. The Balaban J connectivity index is 1.42. The van der Waals surface area contributed by atoms with Crippen molar-refractivity contribution in [3.05, 3.63) is 54.5 Å². The van der Waals surface area contributed by atoms with E-state index in [1.165, 1.54) is 0 Å². The number of nitrogens with one attached hydrogen (secondary N) is 2. The van der Waals surface area contributed by atoms with E-state index in [1.807, 2.05) is 48.1 Å². The number of amides is 1. The van der Waals surface area contributed by atoms with Crippen LogP contribution in [-0.2, 0) is 7.05 Å². The molecule has 1 amide bonds. The van der Waals surface area contributed by atoms with Crippen LogP contribution in [0.2, 0.25) is 0 Å². The zero-order chi connectivity index (χ0) is 17.9. The second-order valence-electron chi connectivity index (χ2n) is 6.58. The summed E-state index contributed by atoms with van der Waals surface area (Å²) in [6, 6.07) is 11.9. The Morgan fingerprint density at radius 2 is 2.12 bits per heavy atom. The maximum Gasteiger partial charge on any atom is 0.269 e. The number of carbonyl (C=O) groups is 1. The Kier molecular flexibility index (Phi) is 4.43. The van der Waals surface area contributed by atoms with Crippen molar-refractivity contribution < 1.29 is 4.79 Å². The number of aryl methyl sites for hydroxylation is 1. The SMILES string of the molecule is Cn1nccc1N1CCCC(NC(=O)c2cnc(-c3ccccc3)[nH]2)C1. The Labute approximate surface area is 152 Å². The number of benzene rings is 1. The molecule has 0 saturated carbocycles. The lowest BCUT2D eigenvalue weighted by Crippen LogP contribution is -2.48. The van der Waals surface area contributed by atoms with E-state index < -0.39 is 0 Å². The van der Waals surface area contributed by atoms with Crippen molar-refractivity contribution in [2.45, 2.75) is 18.9 Å². The first kappa shape index (κ1) is 16.4. The number of anilines is 1. The van der Waals surface area contributed by atoms with Crippen molar-refractivity contribution in [3.8, 4) is 11.4 Å². The molecule has 26 heavy (non-hydrogen) atoms. The third kappa shape index (κ3) is 3.33. The molecule has 1 aliphatic rings. The fourth-order valence-electron chi connectivity index (χ4n) is 3.42. The number of aromatic nitrogens is 4. The molecule has 3 heterocycles. The van der Waals surface area contributed by atoms with Crippen LogP contribution in [0.15, 0.2) is 48.8 Å². The fraction of sp³-hybridized carbons (Fsp3) is 0.316. The van der Waals surface area contributed by atoms with Gasteiger partial charge in [-0.1, -0.05) is 30.3 Å². The maximum absolute atomic E-state index is 12.6. The van der Waals surface area contributed by atoms with E-state index in [1.54, 1.807) is 12.4 Å². The van der Waals surface area contributed by atoms with E-state index in [9.17, 15) is 4.79 Å². The van der Waals surface area contributed by atoms with Gasteiger partial charge in [-0.3, -0.25) is 9.48 Å². The number of nitrogens with zero attached hydrogens (tertiary/aromatic N) is 4. The molecule has 134 valence electrons. The standard InChI is InChI=1S/C19H22N6O/c1-24-17(9-10-21-24)25-11-5-8-15(13-25)22-19(26)16-12-20-18(23-16)14-6-3-2-4-7-14/h2-4,6-7,9-10,12,15H,5,8,11,13H2,1H3,(H,20,23)(H,22,26). The zero-order valence-electron chi connectivity index (χ0n) is 14.7. The van der Waals surface area contributed by atoms with Crippen molar-refractivity contribution in [2.24, 2.45) is 7.05 Å². The van der Waals surface area contributed by atoms with Crippen molar-refractivity contribution in [1.82, 2.24) is 25.1 Å². The largest absolute Gasteiger partial charge is 0.355 e. The molecule has 2 aromatic heterocycles. The highest BCUT2D eigenvalue weighted by molar-refractivity contribution is 5.93. The van der Waals surface area contributed by atoms with Crippen LogP contribution < -0.4 is 10.2 Å². The Bertz CT molecular complexity index is 884. The molecule has 3 aromatic rings. The van der Waals surface area contributed by atoms with Crippen LogP contribution >= 0.6 is 0 Å². The molecular weight excluding hydrogens is 328 g/mol. The first-order valence-electron chi connectivity index (χ1n) is 8.85. The van der Waals surface area contributed by atoms with Crippen molar-refractivity contribution >= 4 is 11.7 Å². The summed E-state index contributed by atoms with van der Waals surface area (Å²) in [7, 11) is 1.94. The van der Waals surface area contributed by atoms with Crippen LogP contribution in [0.25, 0.3) is 11.4 Å². The molecule has 0 spiro atoms. The molecule has 2 N–H and O–H groups in total. The minimum atomic E-state index is -0.114. The molecule has 1 atom stereocenters. The van der Waals surface area contributed by atoms with Crippen molar-refractivity contribution in [2.75, 3.05) is 18.0 Å². The maximum atomic E-state index is 12.6. The second kappa shape index (κ2) is 7.03. The molecule has 1 unspecified atom stereocenters. The first-order chi connectivity index (χ1) is 12.7. The van der Waals surface area contributed by atoms with Crippen LogP contribution in [0.5, 0.6) is 0 Å². The highest BCUT2D eigenvalue weighted by Gasteiger charge is 2.24. The number of imidazole rings is 1. The van der Waals surface area contributed by atoms with Crippen LogP contribution in [0.3, 0.4) is 0 Å². The summed E-state index contributed by atoms with van der Waals surface area (Å²) in [6.45, 7) is 1.76. The van der Waals surface area contributed by atoms with Gasteiger partial charge in [-0.25, -0.2) is 4.98 Å². The van der Waals surface area contributed by atoms with Gasteiger partial charge in [0, 0.05) is 37.8 Å². The lowest BCUT2D eigenvalue weighted by Gasteiger charge is -2.34. The molecule has 7 heteroatoms. The fourth-order valence-corrected chi connectivity index (χ4v) is 3.42. The molecule has 1 fully saturated rings. The van der Waals surface area contributed by atoms with Gasteiger partial charge in [-0.15, -0.1) is 0 Å². The number of hydrogen-bond acceptors (Lipinski definition) is 4. The van der Waals surface area contributed by atoms with Gasteiger partial charge in [-0.2, -0.15) is 5.10 Å². The Morgan fingerprint density at radius 1 is 1.27 bits per heavy atom. The summed E-state index contributed by atoms with van der Waals surface area (Å²) in [5, 5.41) is 7.36. The summed E-state index contributed by atoms with van der Waals surface area (Å²) >= 11 is 0. The summed E-state index contributed by atoms with van der Waals surface area (Å²) < 4.78 is 1.87. The highest BCUT2D eigenvalue weighted by atomic mass is 16.2. The van der Waals surface area contributed by atoms with E-state index >= 15 is 0 Å². The number of piperidine rings is 1. The predicted octanol–water partition coefficient (Wildman–Crippen LogP) is 2.21. The van der Waals surface area contributed by atoms with Gasteiger partial charge >= 0.3 is 0 Å². The number of H-pyrrole nitrogens is 1. The van der Waals surface area contributed by atoms with Gasteiger partial charge in [0.2, 0.25) is 0 Å². The van der Waals surface area contributed by atoms with Gasteiger partial charge in [0.25, 0.3) is 5.91 Å². The smallest absolute Gasteiger partial charge is 0.269 e. The lowest BCUT2D eigenvalue weighted by atomic mass is 10.1. The topological polar surface area (TPSA) is 78.8 Å². The van der Waals surface area contributed by atoms with Crippen LogP contribution in [0.1, 0.15) is 23.3 Å². The third-order valence-corrected chi connectivity index (χ3v) is 4.74. The second-order valence-corrected chi connectivity index (χ2v) is 6.58. The van der Waals surface area contributed by atoms with E-state index in [0.29, 0.717) is 11.5 Å². The molecule has 0 aliphatic carbocycles. The molecule has 1 aliphatic heterocycles.